The quantitative estimate of drug-likeness (QED) is 0.511. The fourth-order valence-electron chi connectivity index (χ4n) is 4.92. The molecule has 1 amide bonds. The lowest BCUT2D eigenvalue weighted by Crippen LogP contribution is -2.37. The van der Waals surface area contributed by atoms with E-state index in [1.165, 1.54) is 0 Å². The van der Waals surface area contributed by atoms with E-state index < -0.39 is 5.92 Å². The Hall–Kier alpha value is -3.70. The summed E-state index contributed by atoms with van der Waals surface area (Å²) in [7, 11) is 0. The summed E-state index contributed by atoms with van der Waals surface area (Å²) < 4.78 is 0. The standard InChI is InChI=1S/C28H24ClN3O2/c1-17-25(28(34)32-22-8-5-13-30-16-22)26(19-9-11-21(29)12-10-19)27-23(31-17)14-20(15-24(27)33)18-6-3-2-4-7-18/h2-13,16,20,26,31H,14-15H2,1H3,(H,32,34). The molecule has 3 aromatic rings. The van der Waals surface area contributed by atoms with Crippen LogP contribution in [0.2, 0.25) is 5.02 Å². The van der Waals surface area contributed by atoms with Crippen LogP contribution in [0.1, 0.15) is 42.7 Å². The van der Waals surface area contributed by atoms with Crippen molar-refractivity contribution >= 4 is 29.0 Å². The lowest BCUT2D eigenvalue weighted by atomic mass is 9.71. The van der Waals surface area contributed by atoms with Crippen LogP contribution in [0.25, 0.3) is 0 Å². The van der Waals surface area contributed by atoms with E-state index in [0.29, 0.717) is 34.7 Å². The van der Waals surface area contributed by atoms with Gasteiger partial charge in [-0.1, -0.05) is 54.1 Å². The van der Waals surface area contributed by atoms with Crippen molar-refractivity contribution in [3.8, 4) is 0 Å². The van der Waals surface area contributed by atoms with Crippen molar-refractivity contribution in [1.29, 1.82) is 0 Å². The fourth-order valence-corrected chi connectivity index (χ4v) is 5.05. The van der Waals surface area contributed by atoms with Crippen molar-refractivity contribution in [2.45, 2.75) is 31.6 Å². The van der Waals surface area contributed by atoms with Crippen LogP contribution in [-0.2, 0) is 9.59 Å². The zero-order valence-corrected chi connectivity index (χ0v) is 19.5. The number of allylic oxidation sites excluding steroid dienone is 3. The van der Waals surface area contributed by atoms with Crippen LogP contribution in [0.3, 0.4) is 0 Å². The topological polar surface area (TPSA) is 71.1 Å². The highest BCUT2D eigenvalue weighted by atomic mass is 35.5. The molecule has 2 unspecified atom stereocenters. The van der Waals surface area contributed by atoms with Crippen LogP contribution in [0, 0.1) is 0 Å². The van der Waals surface area contributed by atoms with Gasteiger partial charge in [0, 0.05) is 46.1 Å². The molecule has 0 spiro atoms. The molecule has 2 aliphatic rings. The highest BCUT2D eigenvalue weighted by Gasteiger charge is 2.40. The highest BCUT2D eigenvalue weighted by Crippen LogP contribution is 2.45. The SMILES string of the molecule is CC1=C(C(=O)Nc2cccnc2)C(c2ccc(Cl)cc2)C2=C(CC(c3ccccc3)CC2=O)N1. The lowest BCUT2D eigenvalue weighted by molar-refractivity contribution is -0.116. The van der Waals surface area contributed by atoms with Crippen molar-refractivity contribution < 1.29 is 9.59 Å². The second-order valence-electron chi connectivity index (χ2n) is 8.68. The molecular formula is C28H24ClN3O2. The molecule has 0 saturated carbocycles. The number of benzene rings is 2. The average Bonchev–Trinajstić information content (AvgIpc) is 2.84. The van der Waals surface area contributed by atoms with E-state index in [9.17, 15) is 9.59 Å². The molecular weight excluding hydrogens is 446 g/mol. The number of nitrogens with zero attached hydrogens (tertiary/aromatic N) is 1. The number of anilines is 1. The molecule has 6 heteroatoms. The first-order chi connectivity index (χ1) is 16.5. The normalized spacial score (nSPS) is 20.0. The van der Waals surface area contributed by atoms with Gasteiger partial charge in [0.05, 0.1) is 11.9 Å². The number of nitrogens with one attached hydrogen (secondary N) is 2. The van der Waals surface area contributed by atoms with Gasteiger partial charge in [0.15, 0.2) is 5.78 Å². The number of rotatable bonds is 4. The lowest BCUT2D eigenvalue weighted by Gasteiger charge is -2.37. The van der Waals surface area contributed by atoms with Crippen LogP contribution >= 0.6 is 11.6 Å². The van der Waals surface area contributed by atoms with Gasteiger partial charge in [-0.3, -0.25) is 14.6 Å². The molecule has 2 N–H and O–H groups in total. The average molecular weight is 470 g/mol. The Morgan fingerprint density at radius 1 is 1.00 bits per heavy atom. The Morgan fingerprint density at radius 2 is 1.76 bits per heavy atom. The first-order valence-corrected chi connectivity index (χ1v) is 11.6. The number of hydrogen-bond donors (Lipinski definition) is 2. The van der Waals surface area contributed by atoms with Crippen molar-refractivity contribution in [1.82, 2.24) is 10.3 Å². The third-order valence-electron chi connectivity index (χ3n) is 6.47. The number of hydrogen-bond acceptors (Lipinski definition) is 4. The van der Waals surface area contributed by atoms with Gasteiger partial charge in [0.2, 0.25) is 0 Å². The molecule has 5 rings (SSSR count). The monoisotopic (exact) mass is 469 g/mol. The zero-order chi connectivity index (χ0) is 23.7. The number of aromatic nitrogens is 1. The van der Waals surface area contributed by atoms with Gasteiger partial charge in [0.25, 0.3) is 5.91 Å². The molecule has 34 heavy (non-hydrogen) atoms. The van der Waals surface area contributed by atoms with Gasteiger partial charge in [-0.2, -0.15) is 0 Å². The van der Waals surface area contributed by atoms with Gasteiger partial charge in [-0.05, 0) is 54.7 Å². The summed E-state index contributed by atoms with van der Waals surface area (Å²) in [6, 6.07) is 21.0. The summed E-state index contributed by atoms with van der Waals surface area (Å²) in [5.41, 5.74) is 5.42. The molecule has 170 valence electrons. The fraction of sp³-hybridized carbons (Fsp3) is 0.179. The summed E-state index contributed by atoms with van der Waals surface area (Å²) in [6.45, 7) is 1.89. The van der Waals surface area contributed by atoms with E-state index >= 15 is 0 Å². The number of ketones is 1. The minimum absolute atomic E-state index is 0.0572. The van der Waals surface area contributed by atoms with Crippen molar-refractivity contribution in [3.05, 3.63) is 118 Å². The third kappa shape index (κ3) is 4.27. The summed E-state index contributed by atoms with van der Waals surface area (Å²) in [5, 5.41) is 6.96. The molecule has 0 bridgehead atoms. The van der Waals surface area contributed by atoms with Crippen LogP contribution in [-0.4, -0.2) is 16.7 Å². The maximum atomic E-state index is 13.6. The van der Waals surface area contributed by atoms with E-state index in [-0.39, 0.29) is 17.6 Å². The zero-order valence-electron chi connectivity index (χ0n) is 18.7. The number of amides is 1. The van der Waals surface area contributed by atoms with E-state index in [2.05, 4.69) is 27.8 Å². The van der Waals surface area contributed by atoms with Crippen LogP contribution < -0.4 is 10.6 Å². The van der Waals surface area contributed by atoms with E-state index in [1.807, 2.05) is 37.3 Å². The summed E-state index contributed by atoms with van der Waals surface area (Å²) >= 11 is 6.15. The Kier molecular flexibility index (Phi) is 6.03. The van der Waals surface area contributed by atoms with Gasteiger partial charge < -0.3 is 10.6 Å². The molecule has 1 aromatic heterocycles. The second kappa shape index (κ2) is 9.27. The number of carbonyl (C=O) groups excluding carboxylic acids is 2. The van der Waals surface area contributed by atoms with Gasteiger partial charge in [-0.15, -0.1) is 0 Å². The third-order valence-corrected chi connectivity index (χ3v) is 6.72. The Morgan fingerprint density at radius 3 is 2.47 bits per heavy atom. The molecule has 1 aliphatic heterocycles. The van der Waals surface area contributed by atoms with Gasteiger partial charge in [-0.25, -0.2) is 0 Å². The summed E-state index contributed by atoms with van der Waals surface area (Å²) in [6.07, 6.45) is 4.37. The predicted molar refractivity (Wildman–Crippen MR) is 133 cm³/mol. The predicted octanol–water partition coefficient (Wildman–Crippen LogP) is 5.74. The van der Waals surface area contributed by atoms with Crippen LogP contribution in [0.4, 0.5) is 5.69 Å². The smallest absolute Gasteiger partial charge is 0.254 e. The van der Waals surface area contributed by atoms with Gasteiger partial charge >= 0.3 is 0 Å². The van der Waals surface area contributed by atoms with E-state index in [1.54, 1.807) is 36.7 Å². The summed E-state index contributed by atoms with van der Waals surface area (Å²) in [4.78, 5) is 31.2. The maximum Gasteiger partial charge on any atom is 0.254 e. The van der Waals surface area contributed by atoms with Crippen LogP contribution in [0.5, 0.6) is 0 Å². The van der Waals surface area contributed by atoms with Gasteiger partial charge in [0.1, 0.15) is 0 Å². The molecule has 2 atom stereocenters. The molecule has 1 aliphatic carbocycles. The molecule has 0 radical (unpaired) electrons. The number of carbonyl (C=O) groups is 2. The molecule has 5 nitrogen and oxygen atoms in total. The summed E-state index contributed by atoms with van der Waals surface area (Å²) in [5.74, 6) is -0.581. The number of pyridine rings is 1. The number of Topliss-reactive ketones (excluding diaryl/α,β-unsaturated/α-hetero) is 1. The highest BCUT2D eigenvalue weighted by molar-refractivity contribution is 6.30. The second-order valence-corrected chi connectivity index (χ2v) is 9.11. The minimum atomic E-state index is -0.477. The number of halogens is 1. The van der Waals surface area contributed by atoms with Crippen molar-refractivity contribution in [2.24, 2.45) is 0 Å². The Balaban J connectivity index is 1.56. The molecule has 2 aromatic carbocycles. The van der Waals surface area contributed by atoms with Crippen molar-refractivity contribution in [3.63, 3.8) is 0 Å². The minimum Gasteiger partial charge on any atom is -0.362 e. The Labute approximate surface area is 203 Å². The first kappa shape index (κ1) is 22.1. The van der Waals surface area contributed by atoms with Crippen LogP contribution in [0.15, 0.2) is 102 Å². The van der Waals surface area contributed by atoms with E-state index in [0.717, 1.165) is 22.5 Å². The molecule has 0 fully saturated rings. The maximum absolute atomic E-state index is 13.6. The number of dihydropyridines is 1. The largest absolute Gasteiger partial charge is 0.362 e. The Bertz CT molecular complexity index is 1300. The molecule has 2 heterocycles. The van der Waals surface area contributed by atoms with Crippen molar-refractivity contribution in [2.75, 3.05) is 5.32 Å². The van der Waals surface area contributed by atoms with E-state index in [4.69, 9.17) is 11.6 Å². The molecule has 0 saturated heterocycles. The first-order valence-electron chi connectivity index (χ1n) is 11.3.